The summed E-state index contributed by atoms with van der Waals surface area (Å²) >= 11 is 0. The van der Waals surface area contributed by atoms with Crippen molar-refractivity contribution in [3.63, 3.8) is 0 Å². The summed E-state index contributed by atoms with van der Waals surface area (Å²) in [6.07, 6.45) is 2.05. The molecule has 9 heteroatoms. The van der Waals surface area contributed by atoms with Gasteiger partial charge in [0.15, 0.2) is 0 Å². The van der Waals surface area contributed by atoms with Crippen LogP contribution in [-0.4, -0.2) is 32.0 Å². The molecule has 6 nitrogen and oxygen atoms in total. The largest absolute Gasteiger partial charge is 0.489 e. The highest BCUT2D eigenvalue weighted by Gasteiger charge is 2.70. The van der Waals surface area contributed by atoms with E-state index in [0.29, 0.717) is 36.3 Å². The van der Waals surface area contributed by atoms with Gasteiger partial charge in [-0.3, -0.25) is 4.79 Å². The van der Waals surface area contributed by atoms with Gasteiger partial charge in [0.1, 0.15) is 34.1 Å². The van der Waals surface area contributed by atoms with Gasteiger partial charge in [-0.05, 0) is 45.2 Å². The lowest BCUT2D eigenvalue weighted by Crippen LogP contribution is -2.67. The summed E-state index contributed by atoms with van der Waals surface area (Å²) in [4.78, 5) is 21.1. The lowest BCUT2D eigenvalue weighted by atomic mass is 9.41. The van der Waals surface area contributed by atoms with Crippen molar-refractivity contribution in [1.82, 2.24) is 14.4 Å². The Labute approximate surface area is 176 Å². The molecule has 1 N–H and O–H groups in total. The molecule has 3 heterocycles. The van der Waals surface area contributed by atoms with Crippen molar-refractivity contribution in [3.8, 4) is 5.75 Å². The highest BCUT2D eigenvalue weighted by atomic mass is 19.3. The molecular formula is C22H21F3N4O2. The molecular weight excluding hydrogens is 409 g/mol. The standard InChI is InChI=1S/C22H21F3N4O2/c1-12(2)31-16-6-18-28-17(21-9-22(25,10-21)11-21)8-29(18)7-15(16)27-20(30)14-5-3-4-13(26-14)19(23)24/h3-8,12,19H,9-11H2,1-2H3,(H,27,30). The van der Waals surface area contributed by atoms with Crippen LogP contribution < -0.4 is 10.1 Å². The molecule has 6 rings (SSSR count). The highest BCUT2D eigenvalue weighted by Crippen LogP contribution is 2.69. The summed E-state index contributed by atoms with van der Waals surface area (Å²) in [5.74, 6) is -0.229. The number of fused-ring (bicyclic) bond motifs is 1. The van der Waals surface area contributed by atoms with Crippen molar-refractivity contribution >= 4 is 17.2 Å². The van der Waals surface area contributed by atoms with Gasteiger partial charge in [-0.2, -0.15) is 0 Å². The van der Waals surface area contributed by atoms with E-state index >= 15 is 0 Å². The molecule has 3 aromatic heterocycles. The first-order valence-corrected chi connectivity index (χ1v) is 10.1. The average Bonchev–Trinajstić information content (AvgIpc) is 3.07. The van der Waals surface area contributed by atoms with Crippen LogP contribution in [-0.2, 0) is 5.41 Å². The first-order chi connectivity index (χ1) is 14.7. The minimum absolute atomic E-state index is 0.123. The SMILES string of the molecule is CC(C)Oc1cc2nc(C34CC(F)(C3)C4)cn2cc1NC(=O)c1cccc(C(F)F)n1. The van der Waals surface area contributed by atoms with Crippen LogP contribution in [0.15, 0.2) is 36.7 Å². The van der Waals surface area contributed by atoms with Crippen LogP contribution in [0.4, 0.5) is 18.9 Å². The molecule has 0 aromatic carbocycles. The molecule has 2 bridgehead atoms. The van der Waals surface area contributed by atoms with Crippen LogP contribution in [0.1, 0.15) is 61.4 Å². The number of imidazole rings is 1. The van der Waals surface area contributed by atoms with Crippen molar-refractivity contribution < 1.29 is 22.7 Å². The van der Waals surface area contributed by atoms with E-state index in [4.69, 9.17) is 4.74 Å². The number of hydrogen-bond donors (Lipinski definition) is 1. The van der Waals surface area contributed by atoms with Gasteiger partial charge in [0.05, 0.1) is 11.8 Å². The third kappa shape index (κ3) is 3.32. The Morgan fingerprint density at radius 3 is 2.58 bits per heavy atom. The number of alkyl halides is 3. The van der Waals surface area contributed by atoms with Crippen LogP contribution in [0, 0.1) is 0 Å². The van der Waals surface area contributed by atoms with Crippen molar-refractivity contribution in [1.29, 1.82) is 0 Å². The summed E-state index contributed by atoms with van der Waals surface area (Å²) in [6, 6.07) is 5.61. The molecule has 3 fully saturated rings. The number of amides is 1. The van der Waals surface area contributed by atoms with E-state index in [1.54, 1.807) is 16.7 Å². The smallest absolute Gasteiger partial charge is 0.280 e. The highest BCUT2D eigenvalue weighted by molar-refractivity contribution is 6.03. The molecule has 0 spiro atoms. The molecule has 31 heavy (non-hydrogen) atoms. The van der Waals surface area contributed by atoms with Gasteiger partial charge in [0.25, 0.3) is 12.3 Å². The molecule has 162 valence electrons. The van der Waals surface area contributed by atoms with Gasteiger partial charge < -0.3 is 14.5 Å². The van der Waals surface area contributed by atoms with Crippen LogP contribution in [0.3, 0.4) is 0 Å². The Hall–Kier alpha value is -3.10. The molecule has 0 aliphatic heterocycles. The maximum Gasteiger partial charge on any atom is 0.280 e. The van der Waals surface area contributed by atoms with E-state index in [9.17, 15) is 18.0 Å². The minimum Gasteiger partial charge on any atom is -0.489 e. The Bertz CT molecular complexity index is 1170. The zero-order chi connectivity index (χ0) is 22.0. The quantitative estimate of drug-likeness (QED) is 0.607. The van der Waals surface area contributed by atoms with Crippen LogP contribution in [0.2, 0.25) is 0 Å². The predicted molar refractivity (Wildman–Crippen MR) is 107 cm³/mol. The predicted octanol–water partition coefficient (Wildman–Crippen LogP) is 4.85. The fourth-order valence-corrected chi connectivity index (χ4v) is 4.54. The number of carbonyl (C=O) groups excluding carboxylic acids is 1. The topological polar surface area (TPSA) is 68.5 Å². The maximum atomic E-state index is 14.0. The van der Waals surface area contributed by atoms with Gasteiger partial charge in [0, 0.05) is 23.9 Å². The number of nitrogens with one attached hydrogen (secondary N) is 1. The molecule has 3 aromatic rings. The third-order valence-corrected chi connectivity index (χ3v) is 5.90. The number of rotatable bonds is 6. The Balaban J connectivity index is 1.47. The summed E-state index contributed by atoms with van der Waals surface area (Å²) in [6.45, 7) is 3.70. The van der Waals surface area contributed by atoms with Gasteiger partial charge >= 0.3 is 0 Å². The summed E-state index contributed by atoms with van der Waals surface area (Å²) in [5, 5.41) is 2.70. The minimum atomic E-state index is -2.77. The monoisotopic (exact) mass is 430 g/mol. The van der Waals surface area contributed by atoms with Crippen LogP contribution in [0.25, 0.3) is 5.65 Å². The molecule has 0 unspecified atom stereocenters. The zero-order valence-electron chi connectivity index (χ0n) is 17.0. The van der Waals surface area contributed by atoms with Crippen LogP contribution >= 0.6 is 0 Å². The van der Waals surface area contributed by atoms with E-state index < -0.39 is 23.7 Å². The van der Waals surface area contributed by atoms with Gasteiger partial charge in [-0.1, -0.05) is 6.07 Å². The van der Waals surface area contributed by atoms with E-state index in [0.717, 1.165) is 5.69 Å². The van der Waals surface area contributed by atoms with Gasteiger partial charge in [0.2, 0.25) is 0 Å². The van der Waals surface area contributed by atoms with Crippen LogP contribution in [0.5, 0.6) is 5.75 Å². The lowest BCUT2D eigenvalue weighted by Gasteiger charge is -2.65. The van der Waals surface area contributed by atoms with Gasteiger partial charge in [-0.15, -0.1) is 0 Å². The van der Waals surface area contributed by atoms with Crippen molar-refractivity contribution in [2.24, 2.45) is 0 Å². The molecule has 3 aliphatic rings. The molecule has 1 amide bonds. The second-order valence-electron chi connectivity index (χ2n) is 8.77. The molecule has 0 atom stereocenters. The number of carbonyl (C=O) groups is 1. The Morgan fingerprint density at radius 1 is 1.19 bits per heavy atom. The molecule has 3 aliphatic carbocycles. The Morgan fingerprint density at radius 2 is 1.94 bits per heavy atom. The molecule has 0 saturated heterocycles. The first-order valence-electron chi connectivity index (χ1n) is 10.1. The second kappa shape index (κ2) is 6.70. The fourth-order valence-electron chi connectivity index (χ4n) is 4.54. The number of hydrogen-bond acceptors (Lipinski definition) is 4. The summed E-state index contributed by atoms with van der Waals surface area (Å²) in [5.41, 5.74) is 0.00568. The van der Waals surface area contributed by atoms with Crippen molar-refractivity contribution in [2.45, 2.75) is 56.7 Å². The number of nitrogens with zero attached hydrogens (tertiary/aromatic N) is 3. The number of halogens is 3. The second-order valence-corrected chi connectivity index (χ2v) is 8.77. The van der Waals surface area contributed by atoms with Crippen molar-refractivity contribution in [3.05, 3.63) is 53.7 Å². The molecule has 3 saturated carbocycles. The maximum absolute atomic E-state index is 14.0. The zero-order valence-corrected chi connectivity index (χ0v) is 17.0. The van der Waals surface area contributed by atoms with E-state index in [-0.39, 0.29) is 17.2 Å². The fraction of sp³-hybridized carbons (Fsp3) is 0.409. The number of pyridine rings is 2. The van der Waals surface area contributed by atoms with E-state index in [2.05, 4.69) is 15.3 Å². The number of aromatic nitrogens is 3. The number of ether oxygens (including phenoxy) is 1. The normalized spacial score (nSPS) is 24.2. The first kappa shape index (κ1) is 19.8. The third-order valence-electron chi connectivity index (χ3n) is 5.90. The molecule has 0 radical (unpaired) electrons. The summed E-state index contributed by atoms with van der Waals surface area (Å²) < 4.78 is 47.4. The Kier molecular flexibility index (Phi) is 4.29. The van der Waals surface area contributed by atoms with Crippen molar-refractivity contribution in [2.75, 3.05) is 5.32 Å². The van der Waals surface area contributed by atoms with E-state index in [1.807, 2.05) is 20.0 Å². The van der Waals surface area contributed by atoms with E-state index in [1.165, 1.54) is 18.2 Å². The summed E-state index contributed by atoms with van der Waals surface area (Å²) in [7, 11) is 0. The number of anilines is 1. The van der Waals surface area contributed by atoms with Gasteiger partial charge in [-0.25, -0.2) is 23.1 Å². The average molecular weight is 430 g/mol. The lowest BCUT2D eigenvalue weighted by molar-refractivity contribution is -0.159.